The predicted octanol–water partition coefficient (Wildman–Crippen LogP) is 4.57. The molecular weight excluding hydrogens is 450 g/mol. The molecule has 3 aliphatic rings. The highest BCUT2D eigenvalue weighted by molar-refractivity contribution is 6.01. The molecule has 2 N–H and O–H groups in total. The first-order valence-corrected chi connectivity index (χ1v) is 13.6. The van der Waals surface area contributed by atoms with Gasteiger partial charge in [-0.3, -0.25) is 4.99 Å². The third-order valence-corrected chi connectivity index (χ3v) is 6.97. The lowest BCUT2D eigenvalue weighted by Gasteiger charge is -2.29. The number of nitrogens with zero attached hydrogens (tertiary/aromatic N) is 6. The molecule has 2 saturated heterocycles. The van der Waals surface area contributed by atoms with Crippen LogP contribution in [0.2, 0.25) is 0 Å². The number of fused-ring (bicyclic) bond motifs is 3. The Morgan fingerprint density at radius 2 is 1.72 bits per heavy atom. The number of piperidine rings is 1. The molecule has 8 nitrogen and oxygen atoms in total. The van der Waals surface area contributed by atoms with Gasteiger partial charge in [-0.2, -0.15) is 0 Å². The van der Waals surface area contributed by atoms with Crippen molar-refractivity contribution in [2.75, 3.05) is 37.7 Å². The van der Waals surface area contributed by atoms with Crippen molar-refractivity contribution in [2.45, 2.75) is 78.4 Å². The second kappa shape index (κ2) is 12.4. The van der Waals surface area contributed by atoms with Gasteiger partial charge in [0.05, 0.1) is 18.4 Å². The van der Waals surface area contributed by atoms with Crippen LogP contribution in [0.15, 0.2) is 34.4 Å². The van der Waals surface area contributed by atoms with Gasteiger partial charge in [0, 0.05) is 43.1 Å². The summed E-state index contributed by atoms with van der Waals surface area (Å²) in [4.78, 5) is 18.6. The third kappa shape index (κ3) is 6.46. The Bertz CT molecular complexity index is 1040. The lowest BCUT2D eigenvalue weighted by atomic mass is 10.1. The van der Waals surface area contributed by atoms with Crippen molar-refractivity contribution in [3.05, 3.63) is 30.1 Å². The summed E-state index contributed by atoms with van der Waals surface area (Å²) in [6.45, 7) is 14.8. The van der Waals surface area contributed by atoms with E-state index in [1.807, 2.05) is 20.0 Å². The molecule has 0 unspecified atom stereocenters. The van der Waals surface area contributed by atoms with Gasteiger partial charge in [-0.1, -0.05) is 6.42 Å². The van der Waals surface area contributed by atoms with Gasteiger partial charge in [0.1, 0.15) is 23.9 Å². The quantitative estimate of drug-likeness (QED) is 0.498. The fourth-order valence-corrected chi connectivity index (χ4v) is 5.07. The number of nitrogens with two attached hydrogens (primary N) is 1. The van der Waals surface area contributed by atoms with Crippen LogP contribution in [0.5, 0.6) is 5.75 Å². The zero-order chi connectivity index (χ0) is 25.5. The number of anilines is 1. The van der Waals surface area contributed by atoms with E-state index in [0.29, 0.717) is 12.4 Å². The van der Waals surface area contributed by atoms with Crippen LogP contribution in [-0.4, -0.2) is 71.5 Å². The van der Waals surface area contributed by atoms with Crippen molar-refractivity contribution in [1.29, 1.82) is 0 Å². The van der Waals surface area contributed by atoms with Gasteiger partial charge in [0.25, 0.3) is 0 Å². The molecule has 36 heavy (non-hydrogen) atoms. The van der Waals surface area contributed by atoms with Crippen LogP contribution in [0.1, 0.15) is 65.5 Å². The summed E-state index contributed by atoms with van der Waals surface area (Å²) in [5.41, 5.74) is 8.47. The molecule has 0 saturated carbocycles. The van der Waals surface area contributed by atoms with Crippen LogP contribution in [0.4, 0.5) is 5.69 Å². The first-order chi connectivity index (χ1) is 17.5. The number of imidazole rings is 1. The highest BCUT2D eigenvalue weighted by Gasteiger charge is 2.22. The summed E-state index contributed by atoms with van der Waals surface area (Å²) in [6, 6.07) is 7.31. The Hall–Kier alpha value is -2.87. The number of ether oxygens (including phenoxy) is 1. The predicted molar refractivity (Wildman–Crippen MR) is 150 cm³/mol. The molecular formula is C28H43N7O. The Morgan fingerprint density at radius 3 is 2.36 bits per heavy atom. The number of aliphatic imine (C=N–C) groups is 2. The van der Waals surface area contributed by atoms with E-state index in [2.05, 4.69) is 56.4 Å². The van der Waals surface area contributed by atoms with Gasteiger partial charge in [0.15, 0.2) is 5.84 Å². The monoisotopic (exact) mass is 493 g/mol. The lowest BCUT2D eigenvalue weighted by molar-refractivity contribution is 0.185. The Kier molecular flexibility index (Phi) is 9.02. The van der Waals surface area contributed by atoms with Crippen LogP contribution in [0.25, 0.3) is 11.4 Å². The van der Waals surface area contributed by atoms with E-state index in [9.17, 15) is 0 Å². The summed E-state index contributed by atoms with van der Waals surface area (Å²) < 4.78 is 8.14. The summed E-state index contributed by atoms with van der Waals surface area (Å²) >= 11 is 0. The molecule has 0 spiro atoms. The topological polar surface area (TPSA) is 84.3 Å². The maximum atomic E-state index is 6.03. The molecule has 5 rings (SSSR count). The molecule has 8 heteroatoms. The van der Waals surface area contributed by atoms with Crippen molar-refractivity contribution >= 4 is 17.9 Å². The maximum Gasteiger partial charge on any atom is 0.176 e. The summed E-state index contributed by atoms with van der Waals surface area (Å²) in [6.07, 6.45) is 10.0. The molecule has 196 valence electrons. The van der Waals surface area contributed by atoms with E-state index in [0.717, 1.165) is 48.5 Å². The average Bonchev–Trinajstić information content (AvgIpc) is 3.52. The van der Waals surface area contributed by atoms with Crippen molar-refractivity contribution in [1.82, 2.24) is 14.5 Å². The molecule has 0 atom stereocenters. The summed E-state index contributed by atoms with van der Waals surface area (Å²) in [5.74, 6) is 2.33. The number of amidine groups is 1. The minimum absolute atomic E-state index is 0.115. The standard InChI is InChI=1S/C20H26N6O.C8H17N/c1-14(2)23-19(22-13-21)17-12-26-9-10-27-18-11-15(25-7-3-4-8-25)5-6-16(18)20(26)24-17;1-8(2)9-6-4-3-5-7-9/h5-6,11-14H,3-4,7-10H2,1-2H3,(H2,21,22,23);8H,3-7H2,1-2H3. The fraction of sp³-hybridized carbons (Fsp3) is 0.607. The van der Waals surface area contributed by atoms with E-state index >= 15 is 0 Å². The number of hydrogen-bond acceptors (Lipinski definition) is 5. The number of hydrogen-bond donors (Lipinski definition) is 1. The zero-order valence-electron chi connectivity index (χ0n) is 22.5. The van der Waals surface area contributed by atoms with E-state index < -0.39 is 0 Å². The Labute approximate surface area is 216 Å². The van der Waals surface area contributed by atoms with Gasteiger partial charge >= 0.3 is 0 Å². The van der Waals surface area contributed by atoms with Gasteiger partial charge in [-0.15, -0.1) is 0 Å². The second-order valence-corrected chi connectivity index (χ2v) is 10.4. The highest BCUT2D eigenvalue weighted by Crippen LogP contribution is 2.36. The molecule has 4 heterocycles. The molecule has 2 fully saturated rings. The van der Waals surface area contributed by atoms with E-state index in [1.54, 1.807) is 0 Å². The molecule has 1 aromatic heterocycles. The van der Waals surface area contributed by atoms with Crippen LogP contribution in [0.3, 0.4) is 0 Å². The summed E-state index contributed by atoms with van der Waals surface area (Å²) in [7, 11) is 0. The fourth-order valence-electron chi connectivity index (χ4n) is 5.07. The smallest absolute Gasteiger partial charge is 0.176 e. The first-order valence-electron chi connectivity index (χ1n) is 13.6. The molecule has 1 aromatic carbocycles. The average molecular weight is 494 g/mol. The van der Waals surface area contributed by atoms with E-state index in [-0.39, 0.29) is 6.04 Å². The molecule has 3 aliphatic heterocycles. The number of likely N-dealkylation sites (tertiary alicyclic amines) is 1. The minimum Gasteiger partial charge on any atom is -0.491 e. The third-order valence-electron chi connectivity index (χ3n) is 6.97. The van der Waals surface area contributed by atoms with Crippen LogP contribution < -0.4 is 15.4 Å². The van der Waals surface area contributed by atoms with E-state index in [1.165, 1.54) is 57.2 Å². The number of aromatic nitrogens is 2. The van der Waals surface area contributed by atoms with Crippen molar-refractivity contribution in [3.63, 3.8) is 0 Å². The van der Waals surface area contributed by atoms with Crippen molar-refractivity contribution in [2.24, 2.45) is 15.7 Å². The number of rotatable bonds is 4. The van der Waals surface area contributed by atoms with Gasteiger partial charge in [-0.25, -0.2) is 9.98 Å². The minimum atomic E-state index is 0.115. The zero-order valence-corrected chi connectivity index (χ0v) is 22.5. The Morgan fingerprint density at radius 1 is 1.00 bits per heavy atom. The molecule has 0 aliphatic carbocycles. The molecule has 0 radical (unpaired) electrons. The van der Waals surface area contributed by atoms with Crippen molar-refractivity contribution in [3.8, 4) is 17.1 Å². The second-order valence-electron chi connectivity index (χ2n) is 10.4. The lowest BCUT2D eigenvalue weighted by Crippen LogP contribution is -2.35. The van der Waals surface area contributed by atoms with Gasteiger partial charge in [-0.05, 0) is 78.6 Å². The SMILES string of the molecule is CC(C)N1CCCCC1.CC(C)N=C(N=CN)c1cn2c(n1)-c1ccc(N3CCCC3)cc1OCC2. The summed E-state index contributed by atoms with van der Waals surface area (Å²) in [5, 5.41) is 0. The highest BCUT2D eigenvalue weighted by atomic mass is 16.5. The molecule has 2 aromatic rings. The largest absolute Gasteiger partial charge is 0.491 e. The normalized spacial score (nSPS) is 18.6. The van der Waals surface area contributed by atoms with Crippen LogP contribution in [-0.2, 0) is 6.54 Å². The maximum absolute atomic E-state index is 6.03. The van der Waals surface area contributed by atoms with E-state index in [4.69, 9.17) is 15.5 Å². The molecule has 0 amide bonds. The van der Waals surface area contributed by atoms with Crippen LogP contribution in [0, 0.1) is 0 Å². The Balaban J connectivity index is 0.000000286. The van der Waals surface area contributed by atoms with Crippen molar-refractivity contribution < 1.29 is 4.74 Å². The molecule has 0 bridgehead atoms. The first kappa shape index (κ1) is 26.2. The van der Waals surface area contributed by atoms with Gasteiger partial charge in [0.2, 0.25) is 0 Å². The van der Waals surface area contributed by atoms with Gasteiger partial charge < -0.3 is 24.8 Å². The van der Waals surface area contributed by atoms with Crippen LogP contribution >= 0.6 is 0 Å². The number of benzene rings is 1.